The minimum Gasteiger partial charge on any atom is -0.330 e. The summed E-state index contributed by atoms with van der Waals surface area (Å²) in [6.45, 7) is 7.25. The number of nitrogens with two attached hydrogens (primary N) is 1. The Hall–Kier alpha value is -0.710. The predicted octanol–water partition coefficient (Wildman–Crippen LogP) is 3.79. The molecule has 2 N–H and O–H groups in total. The van der Waals surface area contributed by atoms with Crippen LogP contribution in [0, 0.1) is 0 Å². The zero-order valence-corrected chi connectivity index (χ0v) is 12.8. The van der Waals surface area contributed by atoms with E-state index in [2.05, 4.69) is 43.7 Å². The van der Waals surface area contributed by atoms with Crippen molar-refractivity contribution in [3.8, 4) is 0 Å². The Kier molecular flexibility index (Phi) is 4.20. The highest BCUT2D eigenvalue weighted by Crippen LogP contribution is 2.29. The van der Waals surface area contributed by atoms with Gasteiger partial charge in [0.1, 0.15) is 0 Å². The summed E-state index contributed by atoms with van der Waals surface area (Å²) in [4.78, 5) is 6.16. The van der Waals surface area contributed by atoms with Crippen LogP contribution in [0.3, 0.4) is 0 Å². The van der Waals surface area contributed by atoms with Crippen LogP contribution >= 0.6 is 22.7 Å². The van der Waals surface area contributed by atoms with Crippen molar-refractivity contribution in [2.24, 2.45) is 5.73 Å². The van der Waals surface area contributed by atoms with Crippen molar-refractivity contribution < 1.29 is 0 Å². The van der Waals surface area contributed by atoms with E-state index in [0.717, 1.165) is 6.42 Å². The molecule has 0 aliphatic rings. The third kappa shape index (κ3) is 3.19. The maximum Gasteiger partial charge on any atom is 0.0975 e. The number of nitrogens with zero attached hydrogens (tertiary/aromatic N) is 1. The zero-order chi connectivity index (χ0) is 13.2. The molecule has 1 atom stereocenters. The Morgan fingerprint density at radius 2 is 2.11 bits per heavy atom. The van der Waals surface area contributed by atoms with Gasteiger partial charge < -0.3 is 5.73 Å². The maximum atomic E-state index is 5.91. The van der Waals surface area contributed by atoms with Gasteiger partial charge in [-0.2, -0.15) is 0 Å². The molecule has 2 aromatic heterocycles. The van der Waals surface area contributed by atoms with E-state index >= 15 is 0 Å². The van der Waals surface area contributed by atoms with E-state index in [1.807, 2.05) is 0 Å². The number of thiazole rings is 1. The first-order chi connectivity index (χ1) is 8.50. The predicted molar refractivity (Wildman–Crippen MR) is 80.6 cm³/mol. The van der Waals surface area contributed by atoms with Crippen LogP contribution in [-0.2, 0) is 11.8 Å². The van der Waals surface area contributed by atoms with Gasteiger partial charge >= 0.3 is 0 Å². The lowest BCUT2D eigenvalue weighted by atomic mass is 9.93. The Balaban J connectivity index is 2.15. The molecule has 0 amide bonds. The molecule has 0 saturated carbocycles. The summed E-state index contributed by atoms with van der Waals surface area (Å²) in [5.41, 5.74) is 7.21. The van der Waals surface area contributed by atoms with E-state index in [-0.39, 0.29) is 5.41 Å². The van der Waals surface area contributed by atoms with Crippen LogP contribution in [0.4, 0.5) is 0 Å². The van der Waals surface area contributed by atoms with E-state index in [1.165, 1.54) is 15.6 Å². The van der Waals surface area contributed by atoms with Gasteiger partial charge in [0.2, 0.25) is 0 Å². The van der Waals surface area contributed by atoms with Gasteiger partial charge in [0.25, 0.3) is 0 Å². The average Bonchev–Trinajstić information content (AvgIpc) is 2.95. The van der Waals surface area contributed by atoms with Crippen molar-refractivity contribution in [1.82, 2.24) is 4.98 Å². The number of aromatic nitrogens is 1. The van der Waals surface area contributed by atoms with Crippen LogP contribution in [0.1, 0.15) is 42.3 Å². The second kappa shape index (κ2) is 5.51. The zero-order valence-electron chi connectivity index (χ0n) is 11.1. The lowest BCUT2D eigenvalue weighted by Crippen LogP contribution is -2.16. The van der Waals surface area contributed by atoms with Gasteiger partial charge in [-0.25, -0.2) is 4.98 Å². The molecule has 0 bridgehead atoms. The normalized spacial score (nSPS) is 13.8. The van der Waals surface area contributed by atoms with Gasteiger partial charge in [-0.3, -0.25) is 0 Å². The molecule has 1 unspecified atom stereocenters. The quantitative estimate of drug-likeness (QED) is 0.925. The standard InChI is InChI=1S/C14H20N2S2/c1-14(2,3)12-9-18-13(16-12)10(8-15)7-11-5-4-6-17-11/h4-6,9-10H,7-8,15H2,1-3H3. The van der Waals surface area contributed by atoms with Crippen LogP contribution in [0.5, 0.6) is 0 Å². The minimum atomic E-state index is 0.122. The summed E-state index contributed by atoms with van der Waals surface area (Å²) >= 11 is 3.54. The van der Waals surface area contributed by atoms with Crippen molar-refractivity contribution >= 4 is 22.7 Å². The second-order valence-corrected chi connectivity index (χ2v) is 7.46. The Morgan fingerprint density at radius 1 is 1.33 bits per heavy atom. The topological polar surface area (TPSA) is 38.9 Å². The van der Waals surface area contributed by atoms with Crippen molar-refractivity contribution in [3.05, 3.63) is 38.5 Å². The SMILES string of the molecule is CC(C)(C)c1csc(C(CN)Cc2cccs2)n1. The lowest BCUT2D eigenvalue weighted by Gasteiger charge is -2.15. The summed E-state index contributed by atoms with van der Waals surface area (Å²) in [6.07, 6.45) is 1.01. The fraction of sp³-hybridized carbons (Fsp3) is 0.500. The molecule has 0 spiro atoms. The number of rotatable bonds is 4. The highest BCUT2D eigenvalue weighted by atomic mass is 32.1. The average molecular weight is 280 g/mol. The number of thiophene rings is 1. The molecule has 0 radical (unpaired) electrons. The van der Waals surface area contributed by atoms with Crippen LogP contribution in [-0.4, -0.2) is 11.5 Å². The van der Waals surface area contributed by atoms with Crippen LogP contribution in [0.15, 0.2) is 22.9 Å². The number of hydrogen-bond acceptors (Lipinski definition) is 4. The van der Waals surface area contributed by atoms with Crippen LogP contribution in [0.2, 0.25) is 0 Å². The van der Waals surface area contributed by atoms with Gasteiger partial charge in [0.05, 0.1) is 10.7 Å². The van der Waals surface area contributed by atoms with Gasteiger partial charge in [-0.1, -0.05) is 26.8 Å². The third-order valence-electron chi connectivity index (χ3n) is 2.95. The minimum absolute atomic E-state index is 0.122. The Labute approximate surface area is 117 Å². The molecular formula is C14H20N2S2. The van der Waals surface area contributed by atoms with Gasteiger partial charge in [0, 0.05) is 28.1 Å². The van der Waals surface area contributed by atoms with Gasteiger partial charge in [-0.15, -0.1) is 22.7 Å². The van der Waals surface area contributed by atoms with Crippen LogP contribution in [0.25, 0.3) is 0 Å². The highest BCUT2D eigenvalue weighted by molar-refractivity contribution is 7.10. The monoisotopic (exact) mass is 280 g/mol. The van der Waals surface area contributed by atoms with Crippen molar-refractivity contribution in [3.63, 3.8) is 0 Å². The summed E-state index contributed by atoms with van der Waals surface area (Å²) in [5, 5.41) is 5.47. The summed E-state index contributed by atoms with van der Waals surface area (Å²) in [7, 11) is 0. The fourth-order valence-electron chi connectivity index (χ4n) is 1.76. The first-order valence-corrected chi connectivity index (χ1v) is 7.95. The first kappa shape index (κ1) is 13.7. The molecule has 2 rings (SSSR count). The van der Waals surface area contributed by atoms with Gasteiger partial charge in [-0.05, 0) is 17.9 Å². The molecule has 2 heterocycles. The van der Waals surface area contributed by atoms with E-state index in [4.69, 9.17) is 10.7 Å². The molecule has 0 fully saturated rings. The molecule has 0 aromatic carbocycles. The molecular weight excluding hydrogens is 260 g/mol. The second-order valence-electron chi connectivity index (χ2n) is 5.54. The molecule has 0 saturated heterocycles. The molecule has 18 heavy (non-hydrogen) atoms. The van der Waals surface area contributed by atoms with E-state index in [0.29, 0.717) is 12.5 Å². The molecule has 98 valence electrons. The lowest BCUT2D eigenvalue weighted by molar-refractivity contribution is 0.566. The molecule has 0 aliphatic carbocycles. The van der Waals surface area contributed by atoms with Crippen LogP contribution < -0.4 is 5.73 Å². The molecule has 0 aliphatic heterocycles. The smallest absolute Gasteiger partial charge is 0.0975 e. The van der Waals surface area contributed by atoms with Crippen molar-refractivity contribution in [1.29, 1.82) is 0 Å². The van der Waals surface area contributed by atoms with Gasteiger partial charge in [0.15, 0.2) is 0 Å². The summed E-state index contributed by atoms with van der Waals surface area (Å²) in [5.74, 6) is 0.352. The van der Waals surface area contributed by atoms with E-state index in [1.54, 1.807) is 22.7 Å². The summed E-state index contributed by atoms with van der Waals surface area (Å²) < 4.78 is 0. The van der Waals surface area contributed by atoms with E-state index < -0.39 is 0 Å². The van der Waals surface area contributed by atoms with Crippen molar-refractivity contribution in [2.75, 3.05) is 6.54 Å². The number of hydrogen-bond donors (Lipinski definition) is 1. The Morgan fingerprint density at radius 3 is 2.61 bits per heavy atom. The molecule has 4 heteroatoms. The summed E-state index contributed by atoms with van der Waals surface area (Å²) in [6, 6.07) is 4.27. The molecule has 2 aromatic rings. The highest BCUT2D eigenvalue weighted by Gasteiger charge is 2.21. The van der Waals surface area contributed by atoms with Crippen molar-refractivity contribution in [2.45, 2.75) is 38.5 Å². The molecule has 2 nitrogen and oxygen atoms in total. The Bertz CT molecular complexity index is 480. The maximum absolute atomic E-state index is 5.91. The fourth-order valence-corrected chi connectivity index (χ4v) is 3.71. The third-order valence-corrected chi connectivity index (χ3v) is 4.86. The largest absolute Gasteiger partial charge is 0.330 e. The first-order valence-electron chi connectivity index (χ1n) is 6.19. The van der Waals surface area contributed by atoms with E-state index in [9.17, 15) is 0 Å².